The van der Waals surface area contributed by atoms with Gasteiger partial charge in [-0.2, -0.15) is 0 Å². The highest BCUT2D eigenvalue weighted by atomic mass is 14.8. The quantitative estimate of drug-likeness (QED) is 0.344. The first-order valence-corrected chi connectivity index (χ1v) is 10.2. The molecule has 126 valence electrons. The fourth-order valence-electron chi connectivity index (χ4n) is 6.04. The van der Waals surface area contributed by atoms with Gasteiger partial charge < -0.3 is 0 Å². The number of rotatable bonds is 9. The van der Waals surface area contributed by atoms with Gasteiger partial charge in [0.15, 0.2) is 0 Å². The van der Waals surface area contributed by atoms with Crippen molar-refractivity contribution in [3.8, 4) is 0 Å². The Bertz CT molecular complexity index is 346. The van der Waals surface area contributed by atoms with Gasteiger partial charge in [-0.25, -0.2) is 0 Å². The second-order valence-corrected chi connectivity index (χ2v) is 8.79. The molecule has 0 amide bonds. The second-order valence-electron chi connectivity index (χ2n) is 8.79. The minimum absolute atomic E-state index is 0.551. The van der Waals surface area contributed by atoms with Gasteiger partial charge in [-0.15, -0.1) is 0 Å². The third-order valence-electron chi connectivity index (χ3n) is 6.92. The van der Waals surface area contributed by atoms with Crippen LogP contribution in [0.1, 0.15) is 97.3 Å². The fraction of sp³-hybridized carbons (Fsp3) is 0.952. The van der Waals surface area contributed by atoms with Crippen LogP contribution < -0.4 is 0 Å². The van der Waals surface area contributed by atoms with E-state index in [-0.39, 0.29) is 0 Å². The maximum Gasteiger partial charge on any atom is 0.0388 e. The summed E-state index contributed by atoms with van der Waals surface area (Å²) in [7, 11) is 0. The molecule has 4 aliphatic carbocycles. The van der Waals surface area contributed by atoms with Crippen molar-refractivity contribution < 1.29 is 0 Å². The number of aliphatic imine (C=N–C) groups is 1. The molecule has 0 aromatic carbocycles. The molecule has 0 aliphatic heterocycles. The van der Waals surface area contributed by atoms with E-state index in [1.165, 1.54) is 69.9 Å². The summed E-state index contributed by atoms with van der Waals surface area (Å²) >= 11 is 0. The van der Waals surface area contributed by atoms with Crippen molar-refractivity contribution in [2.24, 2.45) is 28.2 Å². The van der Waals surface area contributed by atoms with E-state index in [1.807, 2.05) is 0 Å². The standard InChI is InChI=1S/C21H37N/c1-3-4-5-6-7-8-9-10-22-17(2)21-14-18-11-19(15-21)13-20(12-18)16-21/h18-20H,3-16H2,1-2H3. The molecule has 0 saturated heterocycles. The number of unbranched alkanes of at least 4 members (excludes halogenated alkanes) is 6. The summed E-state index contributed by atoms with van der Waals surface area (Å²) in [6, 6.07) is 0. The van der Waals surface area contributed by atoms with E-state index in [2.05, 4.69) is 13.8 Å². The lowest BCUT2D eigenvalue weighted by molar-refractivity contribution is -0.0127. The van der Waals surface area contributed by atoms with Crippen LogP contribution in [0.15, 0.2) is 4.99 Å². The molecule has 4 fully saturated rings. The maximum absolute atomic E-state index is 5.06. The second kappa shape index (κ2) is 7.49. The molecular weight excluding hydrogens is 266 g/mol. The van der Waals surface area contributed by atoms with Gasteiger partial charge in [-0.05, 0) is 69.6 Å². The van der Waals surface area contributed by atoms with Crippen molar-refractivity contribution in [1.29, 1.82) is 0 Å². The Balaban J connectivity index is 1.40. The normalized spacial score (nSPS) is 37.0. The highest BCUT2D eigenvalue weighted by Crippen LogP contribution is 2.60. The van der Waals surface area contributed by atoms with E-state index in [4.69, 9.17) is 4.99 Å². The highest BCUT2D eigenvalue weighted by molar-refractivity contribution is 5.88. The molecule has 0 N–H and O–H groups in total. The molecular formula is C21H37N. The van der Waals surface area contributed by atoms with Crippen LogP contribution in [0.25, 0.3) is 0 Å². The van der Waals surface area contributed by atoms with Gasteiger partial charge in [0.2, 0.25) is 0 Å². The Morgan fingerprint density at radius 3 is 1.86 bits per heavy atom. The third-order valence-corrected chi connectivity index (χ3v) is 6.92. The van der Waals surface area contributed by atoms with Crippen molar-refractivity contribution in [3.63, 3.8) is 0 Å². The molecule has 0 heterocycles. The Labute approximate surface area is 138 Å². The zero-order valence-electron chi connectivity index (χ0n) is 15.1. The van der Waals surface area contributed by atoms with Gasteiger partial charge >= 0.3 is 0 Å². The topological polar surface area (TPSA) is 12.4 Å². The van der Waals surface area contributed by atoms with Gasteiger partial charge in [-0.3, -0.25) is 4.99 Å². The van der Waals surface area contributed by atoms with Crippen LogP contribution in [-0.4, -0.2) is 12.3 Å². The van der Waals surface area contributed by atoms with Crippen molar-refractivity contribution in [2.45, 2.75) is 97.3 Å². The van der Waals surface area contributed by atoms with E-state index < -0.39 is 0 Å². The van der Waals surface area contributed by atoms with Gasteiger partial charge in [0.05, 0.1) is 0 Å². The van der Waals surface area contributed by atoms with E-state index in [0.717, 1.165) is 24.3 Å². The lowest BCUT2D eigenvalue weighted by atomic mass is 9.48. The lowest BCUT2D eigenvalue weighted by Gasteiger charge is -2.56. The molecule has 22 heavy (non-hydrogen) atoms. The smallest absolute Gasteiger partial charge is 0.0388 e. The van der Waals surface area contributed by atoms with E-state index in [0.29, 0.717) is 5.41 Å². The average Bonchev–Trinajstić information content (AvgIpc) is 2.48. The van der Waals surface area contributed by atoms with Crippen LogP contribution in [0.5, 0.6) is 0 Å². The van der Waals surface area contributed by atoms with Crippen LogP contribution in [-0.2, 0) is 0 Å². The Morgan fingerprint density at radius 1 is 0.818 bits per heavy atom. The first-order chi connectivity index (χ1) is 10.7. The van der Waals surface area contributed by atoms with Gasteiger partial charge in [0.1, 0.15) is 0 Å². The van der Waals surface area contributed by atoms with Gasteiger partial charge in [0, 0.05) is 17.7 Å². The van der Waals surface area contributed by atoms with Crippen molar-refractivity contribution in [1.82, 2.24) is 0 Å². The molecule has 0 spiro atoms. The predicted molar refractivity (Wildman–Crippen MR) is 96.6 cm³/mol. The molecule has 0 aromatic rings. The minimum Gasteiger partial charge on any atom is -0.294 e. The average molecular weight is 304 g/mol. The van der Waals surface area contributed by atoms with Crippen molar-refractivity contribution in [3.05, 3.63) is 0 Å². The maximum atomic E-state index is 5.06. The van der Waals surface area contributed by atoms with E-state index in [9.17, 15) is 0 Å². The SMILES string of the molecule is CCCCCCCCCN=C(C)C12CC3CC(CC(C3)C1)C2. The summed E-state index contributed by atoms with van der Waals surface area (Å²) in [5.74, 6) is 3.15. The summed E-state index contributed by atoms with van der Waals surface area (Å²) < 4.78 is 0. The largest absolute Gasteiger partial charge is 0.294 e. The van der Waals surface area contributed by atoms with Gasteiger partial charge in [0.25, 0.3) is 0 Å². The van der Waals surface area contributed by atoms with Crippen LogP contribution in [0.4, 0.5) is 0 Å². The van der Waals surface area contributed by atoms with Crippen LogP contribution in [0.2, 0.25) is 0 Å². The highest BCUT2D eigenvalue weighted by Gasteiger charge is 2.52. The Morgan fingerprint density at radius 2 is 1.32 bits per heavy atom. The molecule has 4 bridgehead atoms. The molecule has 1 heteroatoms. The Kier molecular flexibility index (Phi) is 5.63. The number of nitrogens with zero attached hydrogens (tertiary/aromatic N) is 1. The number of hydrogen-bond donors (Lipinski definition) is 0. The summed E-state index contributed by atoms with van der Waals surface area (Å²) in [4.78, 5) is 5.06. The van der Waals surface area contributed by atoms with E-state index >= 15 is 0 Å². The van der Waals surface area contributed by atoms with Crippen molar-refractivity contribution >= 4 is 5.71 Å². The molecule has 1 nitrogen and oxygen atoms in total. The van der Waals surface area contributed by atoms with Gasteiger partial charge in [-0.1, -0.05) is 45.4 Å². The first kappa shape index (κ1) is 16.5. The zero-order chi connectivity index (χ0) is 15.4. The molecule has 4 rings (SSSR count). The lowest BCUT2D eigenvalue weighted by Crippen LogP contribution is -2.49. The summed E-state index contributed by atoms with van der Waals surface area (Å²) in [6.07, 6.45) is 18.8. The minimum atomic E-state index is 0.551. The van der Waals surface area contributed by atoms with Crippen LogP contribution >= 0.6 is 0 Å². The summed E-state index contributed by atoms with van der Waals surface area (Å²) in [6.45, 7) is 5.76. The van der Waals surface area contributed by atoms with Crippen molar-refractivity contribution in [2.75, 3.05) is 6.54 Å². The number of hydrogen-bond acceptors (Lipinski definition) is 1. The molecule has 4 aliphatic rings. The third kappa shape index (κ3) is 3.77. The van der Waals surface area contributed by atoms with Crippen LogP contribution in [0, 0.1) is 23.2 Å². The first-order valence-electron chi connectivity index (χ1n) is 10.2. The van der Waals surface area contributed by atoms with Crippen LogP contribution in [0.3, 0.4) is 0 Å². The van der Waals surface area contributed by atoms with E-state index in [1.54, 1.807) is 19.3 Å². The molecule has 0 radical (unpaired) electrons. The monoisotopic (exact) mass is 303 g/mol. The molecule has 0 unspecified atom stereocenters. The molecule has 0 aromatic heterocycles. The predicted octanol–water partition coefficient (Wildman–Crippen LogP) is 6.41. The molecule has 0 atom stereocenters. The molecule has 4 saturated carbocycles. The summed E-state index contributed by atoms with van der Waals surface area (Å²) in [5, 5.41) is 0. The Hall–Kier alpha value is -0.330. The zero-order valence-corrected chi connectivity index (χ0v) is 15.1. The fourth-order valence-corrected chi connectivity index (χ4v) is 6.04. The summed E-state index contributed by atoms with van der Waals surface area (Å²) in [5.41, 5.74) is 2.09.